The molecule has 3 rings (SSSR count). The maximum absolute atomic E-state index is 12.9. The highest BCUT2D eigenvalue weighted by Crippen LogP contribution is 2.35. The minimum absolute atomic E-state index is 0.0338. The summed E-state index contributed by atoms with van der Waals surface area (Å²) in [6.45, 7) is 6.53. The van der Waals surface area contributed by atoms with Gasteiger partial charge in [-0.2, -0.15) is 0 Å². The van der Waals surface area contributed by atoms with Crippen LogP contribution in [0.1, 0.15) is 22.9 Å². The number of benzene rings is 1. The van der Waals surface area contributed by atoms with Gasteiger partial charge in [0, 0.05) is 16.8 Å². The van der Waals surface area contributed by atoms with E-state index in [4.69, 9.17) is 0 Å². The molecular formula is C19H20FN3OS2. The first-order chi connectivity index (χ1) is 12.5. The lowest BCUT2D eigenvalue weighted by Crippen LogP contribution is -2.32. The van der Waals surface area contributed by atoms with Crippen LogP contribution in [-0.4, -0.2) is 27.7 Å². The van der Waals surface area contributed by atoms with Crippen molar-refractivity contribution in [1.82, 2.24) is 15.3 Å². The second kappa shape index (κ2) is 8.14. The largest absolute Gasteiger partial charge is 0.355 e. The van der Waals surface area contributed by atoms with Crippen LogP contribution in [0.15, 0.2) is 35.6 Å². The molecule has 0 bridgehead atoms. The number of nitrogens with zero attached hydrogens (tertiary/aromatic N) is 2. The average molecular weight is 390 g/mol. The number of fused-ring (bicyclic) bond motifs is 1. The van der Waals surface area contributed by atoms with Gasteiger partial charge in [-0.3, -0.25) is 4.79 Å². The number of thioether (sulfide) groups is 1. The maximum Gasteiger partial charge on any atom is 0.233 e. The molecule has 0 fully saturated rings. The van der Waals surface area contributed by atoms with Gasteiger partial charge in [0.25, 0.3) is 0 Å². The number of rotatable bonds is 6. The van der Waals surface area contributed by atoms with E-state index in [2.05, 4.69) is 29.1 Å². The smallest absolute Gasteiger partial charge is 0.233 e. The van der Waals surface area contributed by atoms with Crippen molar-refractivity contribution in [3.63, 3.8) is 0 Å². The number of halogens is 1. The Balaban J connectivity index is 1.60. The van der Waals surface area contributed by atoms with E-state index in [1.807, 2.05) is 6.92 Å². The van der Waals surface area contributed by atoms with Crippen LogP contribution in [0.25, 0.3) is 10.2 Å². The third-order valence-electron chi connectivity index (χ3n) is 4.21. The van der Waals surface area contributed by atoms with Gasteiger partial charge in [0.05, 0.1) is 5.25 Å². The van der Waals surface area contributed by atoms with E-state index >= 15 is 0 Å². The highest BCUT2D eigenvalue weighted by atomic mass is 32.2. The first-order valence-electron chi connectivity index (χ1n) is 8.35. The summed E-state index contributed by atoms with van der Waals surface area (Å²) >= 11 is 3.10. The Hall–Kier alpha value is -1.99. The van der Waals surface area contributed by atoms with Crippen LogP contribution in [0.3, 0.4) is 0 Å². The van der Waals surface area contributed by atoms with Gasteiger partial charge in [0.2, 0.25) is 5.91 Å². The number of aryl methyl sites for hydroxylation is 2. The van der Waals surface area contributed by atoms with E-state index in [1.54, 1.807) is 29.8 Å². The summed E-state index contributed by atoms with van der Waals surface area (Å²) in [5, 5.41) is 4.57. The molecule has 26 heavy (non-hydrogen) atoms. The SMILES string of the molecule is Cc1sc2ncnc(S[C@@H](C)C(=O)NCCc3ccc(F)cc3)c2c1C. The Morgan fingerprint density at radius 1 is 1.27 bits per heavy atom. The molecular weight excluding hydrogens is 369 g/mol. The number of aromatic nitrogens is 2. The molecule has 1 atom stereocenters. The minimum Gasteiger partial charge on any atom is -0.355 e. The fraction of sp³-hybridized carbons (Fsp3) is 0.316. The Morgan fingerprint density at radius 2 is 2.00 bits per heavy atom. The molecule has 0 aliphatic carbocycles. The van der Waals surface area contributed by atoms with Crippen LogP contribution in [-0.2, 0) is 11.2 Å². The summed E-state index contributed by atoms with van der Waals surface area (Å²) in [6.07, 6.45) is 2.23. The van der Waals surface area contributed by atoms with Gasteiger partial charge in [-0.05, 0) is 50.5 Å². The molecule has 7 heteroatoms. The van der Waals surface area contributed by atoms with Crippen LogP contribution < -0.4 is 5.32 Å². The Kier molecular flexibility index (Phi) is 5.88. The number of hydrogen-bond donors (Lipinski definition) is 1. The quantitative estimate of drug-likeness (QED) is 0.505. The lowest BCUT2D eigenvalue weighted by molar-refractivity contribution is -0.120. The molecule has 3 aromatic rings. The topological polar surface area (TPSA) is 54.9 Å². The summed E-state index contributed by atoms with van der Waals surface area (Å²) in [6, 6.07) is 6.33. The third-order valence-corrected chi connectivity index (χ3v) is 6.43. The van der Waals surface area contributed by atoms with Gasteiger partial charge >= 0.3 is 0 Å². The van der Waals surface area contributed by atoms with Gasteiger partial charge < -0.3 is 5.32 Å². The summed E-state index contributed by atoms with van der Waals surface area (Å²) in [5.74, 6) is -0.286. The van der Waals surface area contributed by atoms with Gasteiger partial charge in [-0.1, -0.05) is 23.9 Å². The van der Waals surface area contributed by atoms with Gasteiger partial charge in [0.15, 0.2) is 0 Å². The van der Waals surface area contributed by atoms with Crippen molar-refractivity contribution in [2.45, 2.75) is 37.5 Å². The van der Waals surface area contributed by atoms with Crippen LogP contribution in [0.4, 0.5) is 4.39 Å². The first-order valence-corrected chi connectivity index (χ1v) is 10.0. The van der Waals surface area contributed by atoms with E-state index in [-0.39, 0.29) is 17.0 Å². The van der Waals surface area contributed by atoms with Crippen molar-refractivity contribution in [1.29, 1.82) is 0 Å². The zero-order valence-electron chi connectivity index (χ0n) is 14.9. The number of carbonyl (C=O) groups excluding carboxylic acids is 1. The van der Waals surface area contributed by atoms with E-state index in [9.17, 15) is 9.18 Å². The van der Waals surface area contributed by atoms with Gasteiger partial charge in [-0.25, -0.2) is 14.4 Å². The highest BCUT2D eigenvalue weighted by molar-refractivity contribution is 8.00. The fourth-order valence-corrected chi connectivity index (χ4v) is 4.65. The number of carbonyl (C=O) groups is 1. The molecule has 4 nitrogen and oxygen atoms in total. The van der Waals surface area contributed by atoms with Crippen molar-refractivity contribution in [3.05, 3.63) is 52.4 Å². The summed E-state index contributed by atoms with van der Waals surface area (Å²) in [4.78, 5) is 23.3. The molecule has 1 aromatic carbocycles. The van der Waals surface area contributed by atoms with E-state index in [1.165, 1.54) is 34.3 Å². The minimum atomic E-state index is -0.263. The molecule has 1 amide bonds. The number of amides is 1. The zero-order chi connectivity index (χ0) is 18.7. The molecule has 0 aliphatic rings. The Labute approximate surface area is 160 Å². The van der Waals surface area contributed by atoms with Crippen molar-refractivity contribution >= 4 is 39.2 Å². The zero-order valence-corrected chi connectivity index (χ0v) is 16.5. The summed E-state index contributed by atoms with van der Waals surface area (Å²) < 4.78 is 12.9. The van der Waals surface area contributed by atoms with Crippen LogP contribution in [0.5, 0.6) is 0 Å². The van der Waals surface area contributed by atoms with E-state index < -0.39 is 0 Å². The molecule has 0 radical (unpaired) electrons. The second-order valence-corrected chi connectivity index (χ2v) is 8.60. The third kappa shape index (κ3) is 4.22. The lowest BCUT2D eigenvalue weighted by Gasteiger charge is -2.12. The summed E-state index contributed by atoms with van der Waals surface area (Å²) in [5.41, 5.74) is 2.17. The molecule has 1 N–H and O–H groups in total. The Bertz CT molecular complexity index is 924. The maximum atomic E-state index is 12.9. The van der Waals surface area contributed by atoms with Crippen LogP contribution in [0, 0.1) is 19.7 Å². The average Bonchev–Trinajstić information content (AvgIpc) is 2.91. The van der Waals surface area contributed by atoms with Gasteiger partial charge in [-0.15, -0.1) is 11.3 Å². The second-order valence-electron chi connectivity index (χ2n) is 6.07. The molecule has 0 spiro atoms. The molecule has 2 aromatic heterocycles. The van der Waals surface area contributed by atoms with Crippen molar-refractivity contribution in [2.75, 3.05) is 6.54 Å². The fourth-order valence-electron chi connectivity index (χ4n) is 2.59. The molecule has 136 valence electrons. The summed E-state index contributed by atoms with van der Waals surface area (Å²) in [7, 11) is 0. The normalized spacial score (nSPS) is 12.3. The molecule has 0 saturated carbocycles. The monoisotopic (exact) mass is 389 g/mol. The Morgan fingerprint density at radius 3 is 2.73 bits per heavy atom. The standard InChI is InChI=1S/C19H20FN3OS2/c1-11-12(2)25-18-16(11)19(23-10-22-18)26-13(3)17(24)21-9-8-14-4-6-15(20)7-5-14/h4-7,10,13H,8-9H2,1-3H3,(H,21,24)/t13-/m0/s1. The van der Waals surface area contributed by atoms with Crippen LogP contribution >= 0.6 is 23.1 Å². The lowest BCUT2D eigenvalue weighted by atomic mass is 10.1. The molecule has 0 unspecified atom stereocenters. The van der Waals surface area contributed by atoms with Crippen molar-refractivity contribution in [2.24, 2.45) is 0 Å². The molecule has 0 saturated heterocycles. The van der Waals surface area contributed by atoms with Crippen molar-refractivity contribution < 1.29 is 9.18 Å². The predicted molar refractivity (Wildman–Crippen MR) is 105 cm³/mol. The number of nitrogens with one attached hydrogen (secondary N) is 1. The van der Waals surface area contributed by atoms with Crippen LogP contribution in [0.2, 0.25) is 0 Å². The van der Waals surface area contributed by atoms with Gasteiger partial charge in [0.1, 0.15) is 22.0 Å². The predicted octanol–water partition coefficient (Wildman–Crippen LogP) is 4.29. The molecule has 2 heterocycles. The number of hydrogen-bond acceptors (Lipinski definition) is 5. The molecule has 0 aliphatic heterocycles. The van der Waals surface area contributed by atoms with Crippen molar-refractivity contribution in [3.8, 4) is 0 Å². The number of thiophene rings is 1. The highest BCUT2D eigenvalue weighted by Gasteiger charge is 2.19. The van der Waals surface area contributed by atoms with E-state index in [0.29, 0.717) is 13.0 Å². The van der Waals surface area contributed by atoms with E-state index in [0.717, 1.165) is 20.8 Å². The first kappa shape index (κ1) is 18.8.